The molecular weight excluding hydrogens is 350 g/mol. The Labute approximate surface area is 159 Å². The second kappa shape index (κ2) is 9.36. The monoisotopic (exact) mass is 373 g/mol. The predicted octanol–water partition coefficient (Wildman–Crippen LogP) is 4.18. The number of nitrogens with zero attached hydrogens (tertiary/aromatic N) is 1. The first-order chi connectivity index (χ1) is 12.4. The zero-order chi connectivity index (χ0) is 19.1. The number of benzene rings is 2. The average molecular weight is 374 g/mol. The van der Waals surface area contributed by atoms with Crippen molar-refractivity contribution in [2.24, 2.45) is 0 Å². The summed E-state index contributed by atoms with van der Waals surface area (Å²) in [6.07, 6.45) is 0. The molecule has 0 unspecified atom stereocenters. The van der Waals surface area contributed by atoms with Crippen LogP contribution in [0.15, 0.2) is 42.5 Å². The van der Waals surface area contributed by atoms with Crippen molar-refractivity contribution in [2.75, 3.05) is 30.3 Å². The molecule has 0 aliphatic rings. The van der Waals surface area contributed by atoms with Gasteiger partial charge in [-0.15, -0.1) is 0 Å². The van der Waals surface area contributed by atoms with Gasteiger partial charge in [0.1, 0.15) is 0 Å². The van der Waals surface area contributed by atoms with Gasteiger partial charge in [-0.25, -0.2) is 0 Å². The quantitative estimate of drug-likeness (QED) is 0.765. The molecule has 0 heterocycles. The van der Waals surface area contributed by atoms with Gasteiger partial charge in [-0.05, 0) is 55.9 Å². The number of hydrogen-bond acceptors (Lipinski definition) is 3. The van der Waals surface area contributed by atoms with Gasteiger partial charge in [0.25, 0.3) is 5.91 Å². The lowest BCUT2D eigenvalue weighted by molar-refractivity contribution is -0.117. The van der Waals surface area contributed by atoms with Crippen LogP contribution in [0.5, 0.6) is 0 Å². The Morgan fingerprint density at radius 2 is 1.73 bits per heavy atom. The van der Waals surface area contributed by atoms with Crippen LogP contribution in [-0.2, 0) is 4.79 Å². The second-order valence-corrected chi connectivity index (χ2v) is 6.38. The topological polar surface area (TPSA) is 61.4 Å². The Hall–Kier alpha value is -2.37. The van der Waals surface area contributed by atoms with E-state index < -0.39 is 0 Å². The van der Waals surface area contributed by atoms with E-state index in [1.807, 2.05) is 31.7 Å². The molecule has 2 aromatic carbocycles. The van der Waals surface area contributed by atoms with Gasteiger partial charge in [0, 0.05) is 11.4 Å². The maximum atomic E-state index is 12.3. The summed E-state index contributed by atoms with van der Waals surface area (Å²) >= 11 is 6.05. The summed E-state index contributed by atoms with van der Waals surface area (Å²) in [6, 6.07) is 12.3. The molecule has 26 heavy (non-hydrogen) atoms. The minimum Gasteiger partial charge on any atom is -0.325 e. The van der Waals surface area contributed by atoms with Crippen LogP contribution in [0.4, 0.5) is 11.4 Å². The molecule has 6 heteroatoms. The number of amides is 2. The van der Waals surface area contributed by atoms with Gasteiger partial charge >= 0.3 is 0 Å². The molecule has 0 spiro atoms. The number of halogens is 1. The third kappa shape index (κ3) is 5.31. The SMILES string of the molecule is CCN(CC)CC(=O)Nc1ccc(NC(=O)c2ccccc2Cl)cc1C. The van der Waals surface area contributed by atoms with E-state index in [1.54, 1.807) is 36.4 Å². The fourth-order valence-corrected chi connectivity index (χ4v) is 2.79. The highest BCUT2D eigenvalue weighted by Crippen LogP contribution is 2.22. The van der Waals surface area contributed by atoms with Gasteiger partial charge in [-0.2, -0.15) is 0 Å². The van der Waals surface area contributed by atoms with Crippen molar-refractivity contribution >= 4 is 34.8 Å². The van der Waals surface area contributed by atoms with Crippen LogP contribution in [0.1, 0.15) is 29.8 Å². The first-order valence-corrected chi connectivity index (χ1v) is 9.01. The first-order valence-electron chi connectivity index (χ1n) is 8.63. The second-order valence-electron chi connectivity index (χ2n) is 5.97. The van der Waals surface area contributed by atoms with Crippen molar-refractivity contribution in [1.29, 1.82) is 0 Å². The van der Waals surface area contributed by atoms with E-state index in [4.69, 9.17) is 11.6 Å². The smallest absolute Gasteiger partial charge is 0.257 e. The molecule has 2 N–H and O–H groups in total. The number of anilines is 2. The molecule has 2 aromatic rings. The van der Waals surface area contributed by atoms with Crippen LogP contribution < -0.4 is 10.6 Å². The zero-order valence-corrected chi connectivity index (χ0v) is 16.1. The normalized spacial score (nSPS) is 10.7. The van der Waals surface area contributed by atoms with Gasteiger partial charge in [0.15, 0.2) is 0 Å². The fraction of sp³-hybridized carbons (Fsp3) is 0.300. The van der Waals surface area contributed by atoms with Gasteiger partial charge in [-0.1, -0.05) is 37.6 Å². The third-order valence-corrected chi connectivity index (χ3v) is 4.47. The molecule has 2 rings (SSSR count). The van der Waals surface area contributed by atoms with Crippen LogP contribution in [0.25, 0.3) is 0 Å². The van der Waals surface area contributed by atoms with E-state index >= 15 is 0 Å². The zero-order valence-electron chi connectivity index (χ0n) is 15.3. The van der Waals surface area contributed by atoms with Crippen LogP contribution in [0.2, 0.25) is 5.02 Å². The van der Waals surface area contributed by atoms with Crippen molar-refractivity contribution < 1.29 is 9.59 Å². The number of hydrogen-bond donors (Lipinski definition) is 2. The summed E-state index contributed by atoms with van der Waals surface area (Å²) < 4.78 is 0. The minimum atomic E-state index is -0.270. The Kier molecular flexibility index (Phi) is 7.18. The standard InChI is InChI=1S/C20H24ClN3O2/c1-4-24(5-2)13-19(25)23-18-11-10-15(12-14(18)3)22-20(26)16-8-6-7-9-17(16)21/h6-12H,4-5,13H2,1-3H3,(H,22,26)(H,23,25). The number of nitrogens with one attached hydrogen (secondary N) is 2. The Morgan fingerprint density at radius 1 is 1.04 bits per heavy atom. The van der Waals surface area contributed by atoms with Crippen LogP contribution >= 0.6 is 11.6 Å². The van der Waals surface area contributed by atoms with E-state index in [1.165, 1.54) is 0 Å². The van der Waals surface area contributed by atoms with E-state index in [0.29, 0.717) is 22.8 Å². The highest BCUT2D eigenvalue weighted by atomic mass is 35.5. The number of carbonyl (C=O) groups is 2. The van der Waals surface area contributed by atoms with E-state index in [9.17, 15) is 9.59 Å². The lowest BCUT2D eigenvalue weighted by atomic mass is 10.1. The summed E-state index contributed by atoms with van der Waals surface area (Å²) in [5, 5.41) is 6.15. The number of likely N-dealkylation sites (N-methyl/N-ethyl adjacent to an activating group) is 1. The lowest BCUT2D eigenvalue weighted by Crippen LogP contribution is -2.33. The molecule has 0 aliphatic carbocycles. The maximum Gasteiger partial charge on any atom is 0.257 e. The molecule has 0 fully saturated rings. The molecule has 0 radical (unpaired) electrons. The first kappa shape index (κ1) is 19.9. The molecule has 5 nitrogen and oxygen atoms in total. The van der Waals surface area contributed by atoms with E-state index in [0.717, 1.165) is 24.3 Å². The summed E-state index contributed by atoms with van der Waals surface area (Å²) in [5.74, 6) is -0.321. The van der Waals surface area contributed by atoms with Gasteiger partial charge in [-0.3, -0.25) is 14.5 Å². The summed E-state index contributed by atoms with van der Waals surface area (Å²) in [7, 11) is 0. The highest BCUT2D eigenvalue weighted by Gasteiger charge is 2.12. The summed E-state index contributed by atoms with van der Waals surface area (Å²) in [5.41, 5.74) is 2.67. The van der Waals surface area contributed by atoms with Crippen molar-refractivity contribution in [3.8, 4) is 0 Å². The van der Waals surface area contributed by atoms with Crippen molar-refractivity contribution in [2.45, 2.75) is 20.8 Å². The predicted molar refractivity (Wildman–Crippen MR) is 107 cm³/mol. The molecule has 0 saturated heterocycles. The van der Waals surface area contributed by atoms with Crippen LogP contribution in [-0.4, -0.2) is 36.3 Å². The van der Waals surface area contributed by atoms with Crippen molar-refractivity contribution in [3.05, 3.63) is 58.6 Å². The average Bonchev–Trinajstić information content (AvgIpc) is 2.62. The number of rotatable bonds is 7. The van der Waals surface area contributed by atoms with Crippen LogP contribution in [0.3, 0.4) is 0 Å². The van der Waals surface area contributed by atoms with Gasteiger partial charge in [0.05, 0.1) is 17.1 Å². The lowest BCUT2D eigenvalue weighted by Gasteiger charge is -2.18. The molecule has 2 amide bonds. The molecular formula is C20H24ClN3O2. The molecule has 0 aromatic heterocycles. The Bertz CT molecular complexity index is 788. The number of aryl methyl sites for hydroxylation is 1. The largest absolute Gasteiger partial charge is 0.325 e. The molecule has 138 valence electrons. The molecule has 0 atom stereocenters. The van der Waals surface area contributed by atoms with E-state index in [2.05, 4.69) is 10.6 Å². The van der Waals surface area contributed by atoms with Crippen molar-refractivity contribution in [1.82, 2.24) is 4.90 Å². The highest BCUT2D eigenvalue weighted by molar-refractivity contribution is 6.34. The summed E-state index contributed by atoms with van der Waals surface area (Å²) in [4.78, 5) is 26.5. The molecule has 0 aliphatic heterocycles. The van der Waals surface area contributed by atoms with E-state index in [-0.39, 0.29) is 11.8 Å². The Balaban J connectivity index is 2.04. The van der Waals surface area contributed by atoms with Gasteiger partial charge < -0.3 is 10.6 Å². The molecule has 0 bridgehead atoms. The van der Waals surface area contributed by atoms with Gasteiger partial charge in [0.2, 0.25) is 5.91 Å². The minimum absolute atomic E-state index is 0.0512. The van der Waals surface area contributed by atoms with Crippen LogP contribution in [0, 0.1) is 6.92 Å². The third-order valence-electron chi connectivity index (χ3n) is 4.14. The maximum absolute atomic E-state index is 12.3. The fourth-order valence-electron chi connectivity index (χ4n) is 2.57. The molecule has 0 saturated carbocycles. The number of carbonyl (C=O) groups excluding carboxylic acids is 2. The Morgan fingerprint density at radius 3 is 2.35 bits per heavy atom. The van der Waals surface area contributed by atoms with Crippen molar-refractivity contribution in [3.63, 3.8) is 0 Å². The summed E-state index contributed by atoms with van der Waals surface area (Å²) in [6.45, 7) is 7.96.